The zero-order chi connectivity index (χ0) is 17.9. The van der Waals surface area contributed by atoms with Gasteiger partial charge in [-0.1, -0.05) is 0 Å². The molecule has 0 aliphatic heterocycles. The SMILES string of the molecule is C[C@@H](OC(=O)c1cc(F)cc(F)c1)C(=O)Nc1sccc1C(N)=O. The van der Waals surface area contributed by atoms with Gasteiger partial charge in [-0.2, -0.15) is 0 Å². The van der Waals surface area contributed by atoms with Crippen LogP contribution in [0.4, 0.5) is 13.8 Å². The van der Waals surface area contributed by atoms with Gasteiger partial charge < -0.3 is 15.8 Å². The normalized spacial score (nSPS) is 11.6. The molecule has 9 heteroatoms. The number of thiophene rings is 1. The van der Waals surface area contributed by atoms with E-state index in [0.29, 0.717) is 6.07 Å². The number of hydrogen-bond acceptors (Lipinski definition) is 5. The van der Waals surface area contributed by atoms with Crippen molar-refractivity contribution in [3.8, 4) is 0 Å². The molecule has 0 radical (unpaired) electrons. The van der Waals surface area contributed by atoms with E-state index in [1.165, 1.54) is 13.0 Å². The summed E-state index contributed by atoms with van der Waals surface area (Å²) in [7, 11) is 0. The van der Waals surface area contributed by atoms with Gasteiger partial charge >= 0.3 is 5.97 Å². The van der Waals surface area contributed by atoms with Gasteiger partial charge in [0.15, 0.2) is 6.10 Å². The van der Waals surface area contributed by atoms with Crippen LogP contribution in [0, 0.1) is 11.6 Å². The van der Waals surface area contributed by atoms with Crippen LogP contribution in [0.3, 0.4) is 0 Å². The van der Waals surface area contributed by atoms with E-state index in [-0.39, 0.29) is 16.1 Å². The maximum Gasteiger partial charge on any atom is 0.339 e. The zero-order valence-electron chi connectivity index (χ0n) is 12.3. The molecule has 3 N–H and O–H groups in total. The summed E-state index contributed by atoms with van der Waals surface area (Å²) >= 11 is 1.07. The van der Waals surface area contributed by atoms with Crippen LogP contribution in [-0.4, -0.2) is 23.9 Å². The first kappa shape index (κ1) is 17.5. The van der Waals surface area contributed by atoms with Gasteiger partial charge in [-0.25, -0.2) is 13.6 Å². The summed E-state index contributed by atoms with van der Waals surface area (Å²) < 4.78 is 31.0. The molecule has 24 heavy (non-hydrogen) atoms. The van der Waals surface area contributed by atoms with Gasteiger partial charge in [-0.3, -0.25) is 9.59 Å². The lowest BCUT2D eigenvalue weighted by atomic mass is 10.2. The molecule has 2 rings (SSSR count). The number of nitrogens with one attached hydrogen (secondary N) is 1. The van der Waals surface area contributed by atoms with Crippen LogP contribution in [0.5, 0.6) is 0 Å². The second-order valence-electron chi connectivity index (χ2n) is 4.72. The Morgan fingerprint density at radius 2 is 1.83 bits per heavy atom. The lowest BCUT2D eigenvalue weighted by Crippen LogP contribution is -2.30. The Balaban J connectivity index is 2.04. The van der Waals surface area contributed by atoms with Crippen molar-refractivity contribution < 1.29 is 27.9 Å². The average molecular weight is 354 g/mol. The molecule has 1 aromatic carbocycles. The van der Waals surface area contributed by atoms with Crippen LogP contribution in [0.25, 0.3) is 0 Å². The summed E-state index contributed by atoms with van der Waals surface area (Å²) in [6, 6.07) is 3.63. The summed E-state index contributed by atoms with van der Waals surface area (Å²) in [5.41, 5.74) is 4.92. The molecule has 0 bridgehead atoms. The van der Waals surface area contributed by atoms with Crippen LogP contribution >= 0.6 is 11.3 Å². The number of carbonyl (C=O) groups is 3. The molecule has 2 amide bonds. The Morgan fingerprint density at radius 1 is 1.21 bits per heavy atom. The number of amides is 2. The highest BCUT2D eigenvalue weighted by atomic mass is 32.1. The van der Waals surface area contributed by atoms with Gasteiger partial charge in [0, 0.05) is 6.07 Å². The first-order valence-corrected chi connectivity index (χ1v) is 7.51. The zero-order valence-corrected chi connectivity index (χ0v) is 13.2. The van der Waals surface area contributed by atoms with Crippen LogP contribution in [-0.2, 0) is 9.53 Å². The third-order valence-corrected chi connectivity index (χ3v) is 3.75. The Morgan fingerprint density at radius 3 is 2.42 bits per heavy atom. The fourth-order valence-electron chi connectivity index (χ4n) is 1.77. The Labute approximate surface area is 139 Å². The highest BCUT2D eigenvalue weighted by Crippen LogP contribution is 2.23. The van der Waals surface area contributed by atoms with Crippen LogP contribution in [0.15, 0.2) is 29.6 Å². The van der Waals surface area contributed by atoms with Crippen molar-refractivity contribution in [2.45, 2.75) is 13.0 Å². The van der Waals surface area contributed by atoms with Crippen molar-refractivity contribution in [1.29, 1.82) is 0 Å². The van der Waals surface area contributed by atoms with Gasteiger partial charge in [-0.15, -0.1) is 11.3 Å². The minimum absolute atomic E-state index is 0.124. The van der Waals surface area contributed by atoms with Crippen LogP contribution < -0.4 is 11.1 Å². The molecule has 1 heterocycles. The highest BCUT2D eigenvalue weighted by Gasteiger charge is 2.22. The Kier molecular flexibility index (Phi) is 5.24. The summed E-state index contributed by atoms with van der Waals surface area (Å²) in [4.78, 5) is 35.0. The van der Waals surface area contributed by atoms with Crippen molar-refractivity contribution in [3.63, 3.8) is 0 Å². The third-order valence-electron chi connectivity index (χ3n) is 2.92. The van der Waals surface area contributed by atoms with E-state index in [4.69, 9.17) is 10.5 Å². The molecule has 6 nitrogen and oxygen atoms in total. The lowest BCUT2D eigenvalue weighted by molar-refractivity contribution is -0.123. The quantitative estimate of drug-likeness (QED) is 0.805. The maximum absolute atomic E-state index is 13.1. The smallest absolute Gasteiger partial charge is 0.339 e. The highest BCUT2D eigenvalue weighted by molar-refractivity contribution is 7.14. The van der Waals surface area contributed by atoms with Crippen molar-refractivity contribution in [2.75, 3.05) is 5.32 Å². The molecule has 0 unspecified atom stereocenters. The molecular weight excluding hydrogens is 342 g/mol. The molecule has 0 aliphatic carbocycles. The number of primary amides is 1. The number of halogens is 2. The summed E-state index contributed by atoms with van der Waals surface area (Å²) in [5, 5.41) is 4.18. The number of hydrogen-bond donors (Lipinski definition) is 2. The predicted molar refractivity (Wildman–Crippen MR) is 82.7 cm³/mol. The van der Waals surface area contributed by atoms with E-state index in [1.807, 2.05) is 0 Å². The number of rotatable bonds is 5. The Hall–Kier alpha value is -2.81. The maximum atomic E-state index is 13.1. The lowest BCUT2D eigenvalue weighted by Gasteiger charge is -2.13. The van der Waals surface area contributed by atoms with Gasteiger partial charge in [0.05, 0.1) is 11.1 Å². The van der Waals surface area contributed by atoms with Crippen LogP contribution in [0.2, 0.25) is 0 Å². The van der Waals surface area contributed by atoms with E-state index in [0.717, 1.165) is 23.5 Å². The van der Waals surface area contributed by atoms with Gasteiger partial charge in [-0.05, 0) is 30.5 Å². The summed E-state index contributed by atoms with van der Waals surface area (Å²) in [5.74, 6) is -4.37. The van der Waals surface area contributed by atoms with E-state index in [9.17, 15) is 23.2 Å². The molecule has 126 valence electrons. The van der Waals surface area contributed by atoms with Crippen LogP contribution in [0.1, 0.15) is 27.6 Å². The minimum atomic E-state index is -1.26. The molecule has 0 fully saturated rings. The van der Waals surface area contributed by atoms with E-state index < -0.39 is 35.5 Å². The topological polar surface area (TPSA) is 98.5 Å². The van der Waals surface area contributed by atoms with E-state index in [1.54, 1.807) is 5.38 Å². The van der Waals surface area contributed by atoms with Crippen molar-refractivity contribution >= 4 is 34.1 Å². The third kappa shape index (κ3) is 4.13. The second-order valence-corrected chi connectivity index (χ2v) is 5.64. The summed E-state index contributed by atoms with van der Waals surface area (Å²) in [6.45, 7) is 1.28. The van der Waals surface area contributed by atoms with E-state index in [2.05, 4.69) is 5.32 Å². The van der Waals surface area contributed by atoms with Gasteiger partial charge in [0.25, 0.3) is 11.8 Å². The summed E-state index contributed by atoms with van der Waals surface area (Å²) in [6.07, 6.45) is -1.26. The monoisotopic (exact) mass is 354 g/mol. The van der Waals surface area contributed by atoms with Crippen molar-refractivity contribution in [2.24, 2.45) is 5.73 Å². The average Bonchev–Trinajstić information content (AvgIpc) is 2.94. The molecule has 0 saturated carbocycles. The van der Waals surface area contributed by atoms with Gasteiger partial charge in [0.2, 0.25) is 0 Å². The largest absolute Gasteiger partial charge is 0.449 e. The fraction of sp³-hybridized carbons (Fsp3) is 0.133. The molecule has 1 aromatic heterocycles. The number of esters is 1. The number of nitrogens with two attached hydrogens (primary N) is 1. The molecule has 0 aliphatic rings. The standard InChI is InChI=1S/C15H12F2N2O4S/c1-7(13(21)19-14-11(12(18)20)2-3-24-14)23-15(22)8-4-9(16)6-10(17)5-8/h2-7H,1H3,(H2,18,20)(H,19,21)/t7-/m1/s1. The number of ether oxygens (including phenoxy) is 1. The first-order valence-electron chi connectivity index (χ1n) is 6.63. The molecule has 0 spiro atoms. The molecule has 2 aromatic rings. The molecule has 1 atom stereocenters. The van der Waals surface area contributed by atoms with Crippen molar-refractivity contribution in [3.05, 3.63) is 52.4 Å². The fourth-order valence-corrected chi connectivity index (χ4v) is 2.56. The van der Waals surface area contributed by atoms with E-state index >= 15 is 0 Å². The molecule has 0 saturated heterocycles. The predicted octanol–water partition coefficient (Wildman–Crippen LogP) is 2.31. The Bertz CT molecular complexity index is 786. The minimum Gasteiger partial charge on any atom is -0.449 e. The van der Waals surface area contributed by atoms with Crippen molar-refractivity contribution in [1.82, 2.24) is 0 Å². The number of carbonyl (C=O) groups excluding carboxylic acids is 3. The number of benzene rings is 1. The molecular formula is C15H12F2N2O4S. The second kappa shape index (κ2) is 7.18. The first-order chi connectivity index (χ1) is 11.3. The van der Waals surface area contributed by atoms with Gasteiger partial charge in [0.1, 0.15) is 16.6 Å². The number of anilines is 1.